The number of rotatable bonds is 3. The second kappa shape index (κ2) is 6.35. The van der Waals surface area contributed by atoms with Crippen LogP contribution in [0.25, 0.3) is 0 Å². The Morgan fingerprint density at radius 3 is 2.50 bits per heavy atom. The second-order valence-electron chi connectivity index (χ2n) is 5.02. The molecule has 0 saturated carbocycles. The summed E-state index contributed by atoms with van der Waals surface area (Å²) in [6.07, 6.45) is -3.70. The first kappa shape index (κ1) is 15.6. The quantitative estimate of drug-likeness (QED) is 0.807. The first-order valence-corrected chi connectivity index (χ1v) is 7.31. The molecular weight excluding hydrogens is 335 g/mol. The number of methoxy groups -OCH3 is 1. The van der Waals surface area contributed by atoms with E-state index >= 15 is 0 Å². The maximum Gasteiger partial charge on any atom is 0.391 e. The highest BCUT2D eigenvalue weighted by Crippen LogP contribution is 2.35. The van der Waals surface area contributed by atoms with Crippen LogP contribution in [0.5, 0.6) is 5.75 Å². The van der Waals surface area contributed by atoms with Crippen molar-refractivity contribution in [2.24, 2.45) is 5.92 Å². The molecule has 0 spiro atoms. The Hall–Kier alpha value is -0.750. The zero-order valence-electron chi connectivity index (χ0n) is 11.2. The topological polar surface area (TPSA) is 12.5 Å². The van der Waals surface area contributed by atoms with Crippen LogP contribution in [-0.2, 0) is 6.54 Å². The molecule has 2 nitrogen and oxygen atoms in total. The summed E-state index contributed by atoms with van der Waals surface area (Å²) in [7, 11) is 1.60. The lowest BCUT2D eigenvalue weighted by molar-refractivity contribution is -0.185. The molecule has 1 aliphatic heterocycles. The van der Waals surface area contributed by atoms with E-state index in [4.69, 9.17) is 4.74 Å². The Morgan fingerprint density at radius 2 is 1.95 bits per heavy atom. The average Bonchev–Trinajstić information content (AvgIpc) is 2.38. The van der Waals surface area contributed by atoms with Gasteiger partial charge in [-0.25, -0.2) is 0 Å². The second-order valence-corrected chi connectivity index (χ2v) is 5.88. The van der Waals surface area contributed by atoms with E-state index < -0.39 is 12.1 Å². The molecule has 1 aliphatic rings. The van der Waals surface area contributed by atoms with Crippen LogP contribution in [0.4, 0.5) is 13.2 Å². The SMILES string of the molecule is COc1c(Br)cccc1CN1CCC(C(F)(F)F)CC1. The first-order valence-electron chi connectivity index (χ1n) is 6.52. The number of ether oxygens (including phenoxy) is 1. The van der Waals surface area contributed by atoms with Gasteiger partial charge in [0.2, 0.25) is 0 Å². The number of para-hydroxylation sites is 1. The highest BCUT2D eigenvalue weighted by atomic mass is 79.9. The van der Waals surface area contributed by atoms with Gasteiger partial charge in [0.05, 0.1) is 17.5 Å². The average molecular weight is 352 g/mol. The van der Waals surface area contributed by atoms with Crippen molar-refractivity contribution in [1.82, 2.24) is 4.90 Å². The predicted molar refractivity (Wildman–Crippen MR) is 74.8 cm³/mol. The van der Waals surface area contributed by atoms with Crippen LogP contribution in [0, 0.1) is 5.92 Å². The highest BCUT2D eigenvalue weighted by Gasteiger charge is 2.41. The lowest BCUT2D eigenvalue weighted by atomic mass is 9.96. The van der Waals surface area contributed by atoms with Crippen LogP contribution in [-0.4, -0.2) is 31.3 Å². The van der Waals surface area contributed by atoms with E-state index in [1.165, 1.54) is 0 Å². The normalized spacial score (nSPS) is 18.2. The zero-order chi connectivity index (χ0) is 14.8. The van der Waals surface area contributed by atoms with Gasteiger partial charge in [0.25, 0.3) is 0 Å². The molecule has 1 aromatic carbocycles. The van der Waals surface area contributed by atoms with E-state index in [9.17, 15) is 13.2 Å². The lowest BCUT2D eigenvalue weighted by Gasteiger charge is -2.33. The molecule has 1 heterocycles. The molecule has 0 aliphatic carbocycles. The smallest absolute Gasteiger partial charge is 0.391 e. The maximum absolute atomic E-state index is 12.6. The molecule has 6 heteroatoms. The van der Waals surface area contributed by atoms with Crippen molar-refractivity contribution < 1.29 is 17.9 Å². The number of nitrogens with zero attached hydrogens (tertiary/aromatic N) is 1. The standard InChI is InChI=1S/C14H17BrF3NO/c1-20-13-10(3-2-4-12(13)15)9-19-7-5-11(6-8-19)14(16,17)18/h2-4,11H,5-9H2,1H3. The van der Waals surface area contributed by atoms with E-state index in [0.717, 1.165) is 15.8 Å². The van der Waals surface area contributed by atoms with E-state index in [1.807, 2.05) is 23.1 Å². The molecule has 2 rings (SSSR count). The molecule has 1 saturated heterocycles. The first-order chi connectivity index (χ1) is 9.41. The zero-order valence-corrected chi connectivity index (χ0v) is 12.8. The number of halogens is 4. The Kier molecular flexibility index (Phi) is 4.96. The van der Waals surface area contributed by atoms with Gasteiger partial charge in [0, 0.05) is 12.1 Å². The highest BCUT2D eigenvalue weighted by molar-refractivity contribution is 9.10. The molecule has 0 unspecified atom stereocenters. The number of piperidine rings is 1. The van der Waals surface area contributed by atoms with E-state index in [2.05, 4.69) is 15.9 Å². The summed E-state index contributed by atoms with van der Waals surface area (Å²) in [5.74, 6) is -0.395. The molecule has 0 radical (unpaired) electrons. The largest absolute Gasteiger partial charge is 0.495 e. The minimum atomic E-state index is -4.06. The number of likely N-dealkylation sites (tertiary alicyclic amines) is 1. The van der Waals surface area contributed by atoms with Crippen LogP contribution in [0.1, 0.15) is 18.4 Å². The van der Waals surface area contributed by atoms with Gasteiger partial charge in [0.1, 0.15) is 5.75 Å². The number of hydrogen-bond donors (Lipinski definition) is 0. The van der Waals surface area contributed by atoms with Crippen molar-refractivity contribution in [3.63, 3.8) is 0 Å². The fraction of sp³-hybridized carbons (Fsp3) is 0.571. The third-order valence-corrected chi connectivity index (χ3v) is 4.32. The summed E-state index contributed by atoms with van der Waals surface area (Å²) in [5, 5.41) is 0. The number of alkyl halides is 3. The van der Waals surface area contributed by atoms with E-state index in [0.29, 0.717) is 19.6 Å². The minimum absolute atomic E-state index is 0.180. The summed E-state index contributed by atoms with van der Waals surface area (Å²) in [5.41, 5.74) is 0.993. The summed E-state index contributed by atoms with van der Waals surface area (Å²) in [6.45, 7) is 1.56. The molecule has 0 N–H and O–H groups in total. The third kappa shape index (κ3) is 3.67. The van der Waals surface area contributed by atoms with Gasteiger partial charge in [-0.15, -0.1) is 0 Å². The molecule has 0 bridgehead atoms. The van der Waals surface area contributed by atoms with Gasteiger partial charge in [-0.1, -0.05) is 12.1 Å². The molecular formula is C14H17BrF3NO. The Labute approximate surface area is 125 Å². The monoisotopic (exact) mass is 351 g/mol. The van der Waals surface area contributed by atoms with Crippen molar-refractivity contribution in [3.8, 4) is 5.75 Å². The van der Waals surface area contributed by atoms with Crippen LogP contribution >= 0.6 is 15.9 Å². The Morgan fingerprint density at radius 1 is 1.30 bits per heavy atom. The molecule has 0 amide bonds. The van der Waals surface area contributed by atoms with Crippen LogP contribution in [0.3, 0.4) is 0 Å². The van der Waals surface area contributed by atoms with Gasteiger partial charge < -0.3 is 4.74 Å². The van der Waals surface area contributed by atoms with Gasteiger partial charge in [-0.3, -0.25) is 4.90 Å². The van der Waals surface area contributed by atoms with Crippen LogP contribution < -0.4 is 4.74 Å². The number of hydrogen-bond acceptors (Lipinski definition) is 2. The fourth-order valence-corrected chi connectivity index (χ4v) is 3.14. The van der Waals surface area contributed by atoms with Gasteiger partial charge in [-0.2, -0.15) is 13.2 Å². The van der Waals surface area contributed by atoms with Crippen LogP contribution in [0.15, 0.2) is 22.7 Å². The van der Waals surface area contributed by atoms with Gasteiger partial charge >= 0.3 is 6.18 Å². The van der Waals surface area contributed by atoms with Crippen molar-refractivity contribution in [2.75, 3.05) is 20.2 Å². The van der Waals surface area contributed by atoms with Crippen molar-refractivity contribution >= 4 is 15.9 Å². The fourth-order valence-electron chi connectivity index (χ4n) is 2.57. The minimum Gasteiger partial charge on any atom is -0.495 e. The van der Waals surface area contributed by atoms with Crippen molar-refractivity contribution in [3.05, 3.63) is 28.2 Å². The van der Waals surface area contributed by atoms with Crippen molar-refractivity contribution in [1.29, 1.82) is 0 Å². The maximum atomic E-state index is 12.6. The van der Waals surface area contributed by atoms with E-state index in [-0.39, 0.29) is 12.8 Å². The summed E-state index contributed by atoms with van der Waals surface area (Å²) < 4.78 is 44.1. The van der Waals surface area contributed by atoms with Gasteiger partial charge in [-0.05, 0) is 47.9 Å². The molecule has 0 atom stereocenters. The van der Waals surface area contributed by atoms with Crippen molar-refractivity contribution in [2.45, 2.75) is 25.6 Å². The summed E-state index contributed by atoms with van der Waals surface area (Å²) in [6, 6.07) is 5.74. The summed E-state index contributed by atoms with van der Waals surface area (Å²) in [4.78, 5) is 2.05. The Balaban J connectivity index is 1.98. The van der Waals surface area contributed by atoms with E-state index in [1.54, 1.807) is 7.11 Å². The van der Waals surface area contributed by atoms with Gasteiger partial charge in [0.15, 0.2) is 0 Å². The molecule has 20 heavy (non-hydrogen) atoms. The molecule has 1 fully saturated rings. The Bertz CT molecular complexity index is 456. The molecule has 1 aromatic rings. The molecule has 112 valence electrons. The summed E-state index contributed by atoms with van der Waals surface area (Å²) >= 11 is 3.42. The van der Waals surface area contributed by atoms with Crippen LogP contribution in [0.2, 0.25) is 0 Å². The third-order valence-electron chi connectivity index (χ3n) is 3.70. The predicted octanol–water partition coefficient (Wildman–Crippen LogP) is 4.23. The lowest BCUT2D eigenvalue weighted by Crippen LogP contribution is -2.38. The molecule has 0 aromatic heterocycles. The number of benzene rings is 1.